The number of carbonyl (C=O) groups excluding carboxylic acids is 2. The summed E-state index contributed by atoms with van der Waals surface area (Å²) in [5.41, 5.74) is 2.44. The van der Waals surface area contributed by atoms with Gasteiger partial charge >= 0.3 is 5.97 Å². The molecule has 2 aromatic carbocycles. The number of carboxylic acids is 1. The molecule has 2 aromatic rings. The van der Waals surface area contributed by atoms with Crippen molar-refractivity contribution in [3.05, 3.63) is 70.8 Å². The normalized spacial score (nSPS) is 14.6. The highest BCUT2D eigenvalue weighted by atomic mass is 16.4. The third-order valence-corrected chi connectivity index (χ3v) is 4.28. The van der Waals surface area contributed by atoms with Gasteiger partial charge in [0.1, 0.15) is 6.04 Å². The topological polar surface area (TPSA) is 74.7 Å². The molecule has 0 unspecified atom stereocenters. The minimum atomic E-state index is -1.22. The molecule has 0 fully saturated rings. The minimum Gasteiger partial charge on any atom is -0.480 e. The van der Waals surface area contributed by atoms with E-state index in [0.717, 1.165) is 22.4 Å². The molecule has 0 saturated carbocycles. The highest BCUT2D eigenvalue weighted by Crippen LogP contribution is 2.26. The molecule has 0 spiro atoms. The Kier molecular flexibility index (Phi) is 4.16. The first kappa shape index (κ1) is 15.9. The third-order valence-electron chi connectivity index (χ3n) is 4.28. The van der Waals surface area contributed by atoms with Gasteiger partial charge in [0.15, 0.2) is 0 Å². The molecule has 1 heterocycles. The number of fused-ring (bicyclic) bond motifs is 1. The number of carboxylic acid groups (broad SMARTS) is 1. The van der Waals surface area contributed by atoms with Gasteiger partial charge in [-0.25, -0.2) is 4.79 Å². The second kappa shape index (κ2) is 6.28. The number of hydrogen-bond acceptors (Lipinski definition) is 3. The van der Waals surface area contributed by atoms with Crippen LogP contribution in [0.25, 0.3) is 0 Å². The Morgan fingerprint density at radius 3 is 1.92 bits per heavy atom. The molecule has 1 atom stereocenters. The maximum atomic E-state index is 12.5. The van der Waals surface area contributed by atoms with Crippen LogP contribution in [0.15, 0.2) is 48.5 Å². The molecule has 0 radical (unpaired) electrons. The summed E-state index contributed by atoms with van der Waals surface area (Å²) in [7, 11) is 0. The predicted octanol–water partition coefficient (Wildman–Crippen LogP) is 2.54. The molecular weight excluding hydrogens is 306 g/mol. The number of carbonyl (C=O) groups is 3. The van der Waals surface area contributed by atoms with Crippen molar-refractivity contribution in [1.29, 1.82) is 0 Å². The molecule has 0 aromatic heterocycles. The molecule has 0 saturated heterocycles. The fourth-order valence-electron chi connectivity index (χ4n) is 2.91. The van der Waals surface area contributed by atoms with Gasteiger partial charge in [-0.15, -0.1) is 0 Å². The number of nitrogens with zero attached hydrogens (tertiary/aromatic N) is 1. The number of benzene rings is 2. The maximum absolute atomic E-state index is 12.5. The lowest BCUT2D eigenvalue weighted by Gasteiger charge is -2.22. The van der Waals surface area contributed by atoms with Crippen LogP contribution in [0.1, 0.15) is 38.8 Å². The fourth-order valence-corrected chi connectivity index (χ4v) is 2.91. The van der Waals surface area contributed by atoms with Gasteiger partial charge in [0, 0.05) is 6.42 Å². The van der Waals surface area contributed by atoms with Crippen molar-refractivity contribution in [3.8, 4) is 0 Å². The van der Waals surface area contributed by atoms with Gasteiger partial charge in [-0.2, -0.15) is 0 Å². The van der Waals surface area contributed by atoms with Crippen LogP contribution in [-0.2, 0) is 17.6 Å². The molecular formula is C19H17NO4. The summed E-state index contributed by atoms with van der Waals surface area (Å²) in [6.07, 6.45) is 0.978. The molecule has 0 aliphatic carbocycles. The lowest BCUT2D eigenvalue weighted by molar-refractivity contribution is -0.141. The van der Waals surface area contributed by atoms with Crippen molar-refractivity contribution >= 4 is 17.8 Å². The summed E-state index contributed by atoms with van der Waals surface area (Å²) < 4.78 is 0. The van der Waals surface area contributed by atoms with Crippen LogP contribution in [0.3, 0.4) is 0 Å². The van der Waals surface area contributed by atoms with Gasteiger partial charge in [0.2, 0.25) is 0 Å². The zero-order valence-electron chi connectivity index (χ0n) is 13.2. The molecule has 1 aliphatic heterocycles. The zero-order valence-corrected chi connectivity index (χ0v) is 13.2. The predicted molar refractivity (Wildman–Crippen MR) is 87.9 cm³/mol. The quantitative estimate of drug-likeness (QED) is 0.858. The van der Waals surface area contributed by atoms with Crippen LogP contribution < -0.4 is 0 Å². The van der Waals surface area contributed by atoms with Crippen LogP contribution in [-0.4, -0.2) is 33.8 Å². The van der Waals surface area contributed by atoms with E-state index < -0.39 is 23.8 Å². The summed E-state index contributed by atoms with van der Waals surface area (Å²) in [6.45, 7) is 2.04. The van der Waals surface area contributed by atoms with Crippen LogP contribution in [0.5, 0.6) is 0 Å². The van der Waals surface area contributed by atoms with Crippen molar-refractivity contribution in [3.63, 3.8) is 0 Å². The number of rotatable bonds is 5. The fraction of sp³-hybridized carbons (Fsp3) is 0.211. The summed E-state index contributed by atoms with van der Waals surface area (Å²) >= 11 is 0. The van der Waals surface area contributed by atoms with E-state index in [2.05, 4.69) is 0 Å². The van der Waals surface area contributed by atoms with Gasteiger partial charge in [0.25, 0.3) is 11.8 Å². The summed E-state index contributed by atoms with van der Waals surface area (Å²) in [6, 6.07) is 12.7. The van der Waals surface area contributed by atoms with E-state index in [1.54, 1.807) is 24.3 Å². The Morgan fingerprint density at radius 2 is 1.46 bits per heavy atom. The Bertz CT molecular complexity index is 775. The number of amides is 2. The molecule has 1 N–H and O–H groups in total. The lowest BCUT2D eigenvalue weighted by Crippen LogP contribution is -2.46. The van der Waals surface area contributed by atoms with Gasteiger partial charge in [-0.05, 0) is 29.7 Å². The highest BCUT2D eigenvalue weighted by molar-refractivity contribution is 6.22. The number of aryl methyl sites for hydroxylation is 1. The summed E-state index contributed by atoms with van der Waals surface area (Å²) in [4.78, 5) is 37.5. The standard InChI is InChI=1S/C19H17NO4/c1-2-12-7-9-13(10-8-12)11-16(19(23)24)20-17(21)14-5-3-4-6-15(14)18(20)22/h3-10,16H,2,11H2,1H3,(H,23,24)/t16-/m0/s1. The number of imide groups is 1. The SMILES string of the molecule is CCc1ccc(C[C@@H](C(=O)O)N2C(=O)c3ccccc3C2=O)cc1. The van der Waals surface area contributed by atoms with Crippen LogP contribution in [0.2, 0.25) is 0 Å². The summed E-state index contributed by atoms with van der Waals surface area (Å²) in [5.74, 6) is -2.29. The second-order valence-electron chi connectivity index (χ2n) is 5.75. The van der Waals surface area contributed by atoms with Crippen LogP contribution in [0, 0.1) is 0 Å². The van der Waals surface area contributed by atoms with Crippen molar-refractivity contribution < 1.29 is 19.5 Å². The van der Waals surface area contributed by atoms with Crippen molar-refractivity contribution in [1.82, 2.24) is 4.90 Å². The maximum Gasteiger partial charge on any atom is 0.327 e. The van der Waals surface area contributed by atoms with Crippen LogP contribution >= 0.6 is 0 Å². The molecule has 1 aliphatic rings. The minimum absolute atomic E-state index is 0.0881. The first-order chi connectivity index (χ1) is 11.5. The van der Waals surface area contributed by atoms with E-state index >= 15 is 0 Å². The second-order valence-corrected chi connectivity index (χ2v) is 5.75. The Labute approximate surface area is 139 Å². The van der Waals surface area contributed by atoms with E-state index in [-0.39, 0.29) is 17.5 Å². The van der Waals surface area contributed by atoms with Crippen molar-refractivity contribution in [2.24, 2.45) is 0 Å². The Balaban J connectivity index is 1.90. The Hall–Kier alpha value is -2.95. The van der Waals surface area contributed by atoms with E-state index in [1.165, 1.54) is 0 Å². The summed E-state index contributed by atoms with van der Waals surface area (Å²) in [5, 5.41) is 9.56. The van der Waals surface area contributed by atoms with Gasteiger partial charge in [-0.3, -0.25) is 14.5 Å². The highest BCUT2D eigenvalue weighted by Gasteiger charge is 2.42. The van der Waals surface area contributed by atoms with Gasteiger partial charge in [0.05, 0.1) is 11.1 Å². The molecule has 122 valence electrons. The molecule has 3 rings (SSSR count). The number of aliphatic carboxylic acids is 1. The monoisotopic (exact) mass is 323 g/mol. The third kappa shape index (κ3) is 2.69. The zero-order chi connectivity index (χ0) is 17.3. The van der Waals surface area contributed by atoms with E-state index in [4.69, 9.17) is 0 Å². The number of hydrogen-bond donors (Lipinski definition) is 1. The largest absolute Gasteiger partial charge is 0.480 e. The molecule has 5 heteroatoms. The van der Waals surface area contributed by atoms with E-state index in [1.807, 2.05) is 31.2 Å². The van der Waals surface area contributed by atoms with Crippen molar-refractivity contribution in [2.75, 3.05) is 0 Å². The first-order valence-electron chi connectivity index (χ1n) is 7.80. The molecule has 24 heavy (non-hydrogen) atoms. The average molecular weight is 323 g/mol. The average Bonchev–Trinajstić information content (AvgIpc) is 2.85. The van der Waals surface area contributed by atoms with Crippen molar-refractivity contribution in [2.45, 2.75) is 25.8 Å². The van der Waals surface area contributed by atoms with E-state index in [0.29, 0.717) is 0 Å². The van der Waals surface area contributed by atoms with E-state index in [9.17, 15) is 19.5 Å². The van der Waals surface area contributed by atoms with Gasteiger partial charge in [-0.1, -0.05) is 43.3 Å². The first-order valence-corrected chi connectivity index (χ1v) is 7.80. The molecule has 2 amide bonds. The Morgan fingerprint density at radius 1 is 0.958 bits per heavy atom. The van der Waals surface area contributed by atoms with Gasteiger partial charge < -0.3 is 5.11 Å². The lowest BCUT2D eigenvalue weighted by atomic mass is 10.0. The molecule has 0 bridgehead atoms. The van der Waals surface area contributed by atoms with Crippen LogP contribution in [0.4, 0.5) is 0 Å². The molecule has 5 nitrogen and oxygen atoms in total. The smallest absolute Gasteiger partial charge is 0.327 e.